The molecule has 3 aliphatic rings. The first kappa shape index (κ1) is 24.9. The lowest BCUT2D eigenvalue weighted by molar-refractivity contribution is -0.231. The van der Waals surface area contributed by atoms with Crippen molar-refractivity contribution in [2.75, 3.05) is 18.5 Å². The molecule has 2 saturated carbocycles. The van der Waals surface area contributed by atoms with E-state index in [0.29, 0.717) is 34.9 Å². The molecule has 3 N–H and O–H groups in total. The van der Waals surface area contributed by atoms with Gasteiger partial charge in [0, 0.05) is 23.8 Å². The van der Waals surface area contributed by atoms with Gasteiger partial charge in [0.05, 0.1) is 35.7 Å². The molecule has 0 atom stereocenters. The van der Waals surface area contributed by atoms with Gasteiger partial charge in [0.1, 0.15) is 5.82 Å². The van der Waals surface area contributed by atoms with Crippen molar-refractivity contribution in [3.8, 4) is 22.6 Å². The summed E-state index contributed by atoms with van der Waals surface area (Å²) >= 11 is 0. The van der Waals surface area contributed by atoms with Crippen LogP contribution in [0.2, 0.25) is 0 Å². The highest BCUT2D eigenvalue weighted by Crippen LogP contribution is 2.36. The zero-order valence-corrected chi connectivity index (χ0v) is 21.5. The molecule has 3 aromatic rings. The second kappa shape index (κ2) is 10.4. The first-order valence-electron chi connectivity index (χ1n) is 13.5. The molecule has 3 heterocycles. The molecule has 200 valence electrons. The number of ether oxygens (including phenoxy) is 2. The highest BCUT2D eigenvalue weighted by Gasteiger charge is 2.41. The van der Waals surface area contributed by atoms with E-state index in [1.807, 2.05) is 6.92 Å². The van der Waals surface area contributed by atoms with Crippen LogP contribution in [-0.2, 0) is 14.3 Å². The Kier molecular flexibility index (Phi) is 6.84. The van der Waals surface area contributed by atoms with Crippen molar-refractivity contribution in [3.05, 3.63) is 48.2 Å². The Balaban J connectivity index is 1.23. The normalized spacial score (nSPS) is 24.2. The number of amides is 1. The van der Waals surface area contributed by atoms with E-state index >= 15 is 0 Å². The summed E-state index contributed by atoms with van der Waals surface area (Å²) in [5.41, 5.74) is 1.86. The Bertz CT molecular complexity index is 1280. The summed E-state index contributed by atoms with van der Waals surface area (Å²) in [6, 6.07) is 8.60. The van der Waals surface area contributed by atoms with Crippen LogP contribution in [0.5, 0.6) is 0 Å². The number of imidazole rings is 1. The number of rotatable bonds is 7. The lowest BCUT2D eigenvalue weighted by Gasteiger charge is -2.37. The van der Waals surface area contributed by atoms with Gasteiger partial charge in [-0.2, -0.15) is 0 Å². The van der Waals surface area contributed by atoms with Crippen LogP contribution in [-0.4, -0.2) is 51.1 Å². The predicted molar refractivity (Wildman–Crippen MR) is 139 cm³/mol. The van der Waals surface area contributed by atoms with Crippen molar-refractivity contribution in [3.63, 3.8) is 0 Å². The van der Waals surface area contributed by atoms with Gasteiger partial charge in [-0.25, -0.2) is 19.3 Å². The average Bonchev–Trinajstić information content (AvgIpc) is 3.64. The van der Waals surface area contributed by atoms with E-state index in [4.69, 9.17) is 14.5 Å². The average molecular weight is 521 g/mol. The Morgan fingerprint density at radius 2 is 1.74 bits per heavy atom. The van der Waals surface area contributed by atoms with Gasteiger partial charge in [-0.1, -0.05) is 19.3 Å². The molecule has 1 saturated heterocycles. The van der Waals surface area contributed by atoms with E-state index in [9.17, 15) is 9.18 Å². The van der Waals surface area contributed by atoms with Gasteiger partial charge in [-0.05, 0) is 62.9 Å². The summed E-state index contributed by atoms with van der Waals surface area (Å²) in [6.07, 6.45) is 8.72. The molecule has 2 aliphatic carbocycles. The van der Waals surface area contributed by atoms with Crippen molar-refractivity contribution in [1.29, 1.82) is 0 Å². The molecule has 0 unspecified atom stereocenters. The molecule has 2 aromatic heterocycles. The first-order chi connectivity index (χ1) is 18.5. The number of anilines is 1. The molecule has 1 amide bonds. The summed E-state index contributed by atoms with van der Waals surface area (Å²) in [7, 11) is 0. The van der Waals surface area contributed by atoms with E-state index in [1.54, 1.807) is 24.4 Å². The molecule has 0 radical (unpaired) electrons. The van der Waals surface area contributed by atoms with Crippen molar-refractivity contribution in [1.82, 2.24) is 25.3 Å². The molecule has 0 bridgehead atoms. The zero-order valence-electron chi connectivity index (χ0n) is 21.5. The number of H-pyrrole nitrogens is 1. The molecule has 1 aliphatic heterocycles. The van der Waals surface area contributed by atoms with Gasteiger partial charge in [-0.15, -0.1) is 0 Å². The van der Waals surface area contributed by atoms with E-state index in [1.165, 1.54) is 18.6 Å². The third kappa shape index (κ3) is 5.42. The molecule has 0 spiro atoms. The van der Waals surface area contributed by atoms with E-state index in [2.05, 4.69) is 25.6 Å². The molecule has 3 fully saturated rings. The van der Waals surface area contributed by atoms with Gasteiger partial charge in [0.2, 0.25) is 18.1 Å². The summed E-state index contributed by atoms with van der Waals surface area (Å²) < 4.78 is 25.8. The third-order valence-corrected chi connectivity index (χ3v) is 7.48. The number of halogens is 1. The number of hydrogen-bond donors (Lipinski definition) is 3. The van der Waals surface area contributed by atoms with Crippen LogP contribution in [0.15, 0.2) is 36.5 Å². The van der Waals surface area contributed by atoms with Crippen LogP contribution in [0.3, 0.4) is 0 Å². The lowest BCUT2D eigenvalue weighted by atomic mass is 9.89. The Hall–Kier alpha value is -3.37. The van der Waals surface area contributed by atoms with Crippen molar-refractivity contribution < 1.29 is 18.7 Å². The second-order valence-corrected chi connectivity index (χ2v) is 10.9. The SMILES string of the molecule is CC1(C(=O)NC2CCCCC2)COC(c2nc(-c3ccc(F)cc3)c(-c3ccnc(NC4CC4)n3)[nH]2)OC1. The van der Waals surface area contributed by atoms with Gasteiger partial charge < -0.3 is 25.1 Å². The fourth-order valence-corrected chi connectivity index (χ4v) is 4.99. The molecular formula is C28H33FN6O3. The smallest absolute Gasteiger partial charge is 0.230 e. The van der Waals surface area contributed by atoms with Crippen LogP contribution >= 0.6 is 0 Å². The summed E-state index contributed by atoms with van der Waals surface area (Å²) in [5.74, 6) is 0.654. The topological polar surface area (TPSA) is 114 Å². The maximum Gasteiger partial charge on any atom is 0.230 e. The second-order valence-electron chi connectivity index (χ2n) is 10.9. The minimum absolute atomic E-state index is 0.0355. The minimum atomic E-state index is -0.779. The third-order valence-electron chi connectivity index (χ3n) is 7.48. The molecule has 1 aromatic carbocycles. The first-order valence-corrected chi connectivity index (χ1v) is 13.5. The maximum absolute atomic E-state index is 13.7. The van der Waals surface area contributed by atoms with Crippen molar-refractivity contribution in [2.24, 2.45) is 5.41 Å². The largest absolute Gasteiger partial charge is 0.353 e. The molecule has 6 rings (SSSR count). The fourth-order valence-electron chi connectivity index (χ4n) is 4.99. The minimum Gasteiger partial charge on any atom is -0.353 e. The van der Waals surface area contributed by atoms with Crippen LogP contribution < -0.4 is 10.6 Å². The van der Waals surface area contributed by atoms with Gasteiger partial charge >= 0.3 is 0 Å². The quantitative estimate of drug-likeness (QED) is 0.412. The Labute approximate surface area is 221 Å². The number of carbonyl (C=O) groups excluding carboxylic acids is 1. The highest BCUT2D eigenvalue weighted by molar-refractivity contribution is 5.83. The molecule has 9 nitrogen and oxygen atoms in total. The van der Waals surface area contributed by atoms with E-state index < -0.39 is 11.7 Å². The van der Waals surface area contributed by atoms with Crippen LogP contribution in [0.1, 0.15) is 64.0 Å². The summed E-state index contributed by atoms with van der Waals surface area (Å²) in [6.45, 7) is 2.29. The number of aromatic nitrogens is 4. The number of nitrogens with one attached hydrogen (secondary N) is 3. The van der Waals surface area contributed by atoms with Gasteiger partial charge in [0.15, 0.2) is 5.82 Å². The number of carbonyl (C=O) groups is 1. The molecule has 10 heteroatoms. The predicted octanol–water partition coefficient (Wildman–Crippen LogP) is 4.75. The highest BCUT2D eigenvalue weighted by atomic mass is 19.1. The number of aromatic amines is 1. The number of nitrogens with zero attached hydrogens (tertiary/aromatic N) is 3. The van der Waals surface area contributed by atoms with Crippen LogP contribution in [0, 0.1) is 11.2 Å². The maximum atomic E-state index is 13.7. The van der Waals surface area contributed by atoms with Gasteiger partial charge in [-0.3, -0.25) is 4.79 Å². The summed E-state index contributed by atoms with van der Waals surface area (Å²) in [5, 5.41) is 6.51. The van der Waals surface area contributed by atoms with Gasteiger partial charge in [0.25, 0.3) is 0 Å². The fraction of sp³-hybridized carbons (Fsp3) is 0.500. The standard InChI is InChI=1S/C28H33FN6O3/c1-28(26(36)31-19-5-3-2-4-6-19)15-37-25(38-16-28)24-34-22(17-7-9-18(29)10-8-17)23(35-24)21-13-14-30-27(33-21)32-20-11-12-20/h7-10,13-14,19-20,25H,2-6,11-12,15-16H2,1H3,(H,31,36)(H,34,35)(H,30,32,33). The molecular weight excluding hydrogens is 487 g/mol. The van der Waals surface area contributed by atoms with E-state index in [0.717, 1.165) is 44.1 Å². The van der Waals surface area contributed by atoms with Crippen molar-refractivity contribution in [2.45, 2.75) is 70.2 Å². The van der Waals surface area contributed by atoms with Crippen molar-refractivity contribution >= 4 is 11.9 Å². The summed E-state index contributed by atoms with van der Waals surface area (Å²) in [4.78, 5) is 30.2. The zero-order chi connectivity index (χ0) is 26.1. The van der Waals surface area contributed by atoms with Crippen LogP contribution in [0.4, 0.5) is 10.3 Å². The monoisotopic (exact) mass is 520 g/mol. The Morgan fingerprint density at radius 1 is 1.00 bits per heavy atom. The Morgan fingerprint density at radius 3 is 2.45 bits per heavy atom. The lowest BCUT2D eigenvalue weighted by Crippen LogP contribution is -2.51. The number of benzene rings is 1. The van der Waals surface area contributed by atoms with Crippen LogP contribution in [0.25, 0.3) is 22.6 Å². The number of hydrogen-bond acceptors (Lipinski definition) is 7. The van der Waals surface area contributed by atoms with E-state index in [-0.39, 0.29) is 31.0 Å². The molecule has 38 heavy (non-hydrogen) atoms.